The number of fused-ring (bicyclic) bond motifs is 1. The van der Waals surface area contributed by atoms with Crippen LogP contribution in [-0.4, -0.2) is 54.4 Å². The predicted octanol–water partition coefficient (Wildman–Crippen LogP) is 1.68. The number of amides is 2. The molecule has 0 radical (unpaired) electrons. The van der Waals surface area contributed by atoms with E-state index in [0.29, 0.717) is 32.0 Å². The number of pyridine rings is 1. The van der Waals surface area contributed by atoms with Gasteiger partial charge in [-0.15, -0.1) is 0 Å². The third kappa shape index (κ3) is 4.39. The Morgan fingerprint density at radius 1 is 1.14 bits per heavy atom. The summed E-state index contributed by atoms with van der Waals surface area (Å²) in [5, 5.41) is 5.40. The number of nitrogens with zero attached hydrogens (tertiary/aromatic N) is 3. The number of carbonyl (C=O) groups excluding carboxylic acids is 1. The van der Waals surface area contributed by atoms with E-state index in [4.69, 9.17) is 4.74 Å². The number of carbonyl (C=O) groups is 1. The zero-order valence-corrected chi connectivity index (χ0v) is 16.4. The summed E-state index contributed by atoms with van der Waals surface area (Å²) in [7, 11) is -3.62. The number of rotatable bonds is 5. The largest absolute Gasteiger partial charge is 0.379 e. The fraction of sp³-hybridized carbons (Fsp3) is 0.263. The van der Waals surface area contributed by atoms with Crippen LogP contribution < -0.4 is 10.6 Å². The number of morpholine rings is 1. The monoisotopic (exact) mass is 415 g/mol. The topological polar surface area (TPSA) is 105 Å². The Morgan fingerprint density at radius 2 is 1.97 bits per heavy atom. The van der Waals surface area contributed by atoms with Gasteiger partial charge in [0.25, 0.3) is 0 Å². The molecule has 152 valence electrons. The SMILES string of the molecule is O=C(NCc1cn2ccccc2n1)Nc1cccc(S(=O)(=O)N2CCOCC2)c1. The number of benzene rings is 1. The van der Waals surface area contributed by atoms with Gasteiger partial charge < -0.3 is 19.8 Å². The quantitative estimate of drug-likeness (QED) is 0.660. The van der Waals surface area contributed by atoms with E-state index in [1.165, 1.54) is 16.4 Å². The minimum absolute atomic E-state index is 0.137. The van der Waals surface area contributed by atoms with Gasteiger partial charge in [0.05, 0.1) is 30.3 Å². The van der Waals surface area contributed by atoms with E-state index >= 15 is 0 Å². The van der Waals surface area contributed by atoms with Gasteiger partial charge >= 0.3 is 6.03 Å². The molecule has 0 atom stereocenters. The number of hydrogen-bond donors (Lipinski definition) is 2. The first kappa shape index (κ1) is 19.4. The highest BCUT2D eigenvalue weighted by molar-refractivity contribution is 7.89. The van der Waals surface area contributed by atoms with Crippen LogP contribution in [0.2, 0.25) is 0 Å². The first-order valence-corrected chi connectivity index (χ1v) is 10.6. The van der Waals surface area contributed by atoms with Gasteiger partial charge in [0, 0.05) is 31.2 Å². The number of urea groups is 1. The van der Waals surface area contributed by atoms with Crippen molar-refractivity contribution in [1.82, 2.24) is 19.0 Å². The van der Waals surface area contributed by atoms with E-state index in [1.54, 1.807) is 12.1 Å². The number of sulfonamides is 1. The standard InChI is InChI=1S/C19H21N5O4S/c25-19(20-13-16-14-23-7-2-1-6-18(23)21-16)22-15-4-3-5-17(12-15)29(26,27)24-8-10-28-11-9-24/h1-7,12,14H,8-11,13H2,(H2,20,22,25). The van der Waals surface area contributed by atoms with Crippen molar-refractivity contribution in [2.75, 3.05) is 31.6 Å². The van der Waals surface area contributed by atoms with Gasteiger partial charge in [-0.2, -0.15) is 4.31 Å². The predicted molar refractivity (Wildman–Crippen MR) is 107 cm³/mol. The molecule has 1 fully saturated rings. The van der Waals surface area contributed by atoms with Crippen LogP contribution in [-0.2, 0) is 21.3 Å². The van der Waals surface area contributed by atoms with Gasteiger partial charge in [-0.25, -0.2) is 18.2 Å². The fourth-order valence-electron chi connectivity index (χ4n) is 3.09. The number of aromatic nitrogens is 2. The van der Waals surface area contributed by atoms with E-state index in [9.17, 15) is 13.2 Å². The first-order chi connectivity index (χ1) is 14.0. The van der Waals surface area contributed by atoms with Crippen LogP contribution in [0.4, 0.5) is 10.5 Å². The molecular formula is C19H21N5O4S. The molecule has 0 bridgehead atoms. The lowest BCUT2D eigenvalue weighted by Crippen LogP contribution is -2.40. The van der Waals surface area contributed by atoms with Crippen molar-refractivity contribution in [2.45, 2.75) is 11.4 Å². The molecule has 3 aromatic rings. The molecule has 2 aromatic heterocycles. The van der Waals surface area contributed by atoms with Crippen molar-refractivity contribution in [3.8, 4) is 0 Å². The second-order valence-corrected chi connectivity index (χ2v) is 8.49. The summed E-state index contributed by atoms with van der Waals surface area (Å²) in [5.41, 5.74) is 1.91. The highest BCUT2D eigenvalue weighted by Crippen LogP contribution is 2.20. The molecule has 0 spiro atoms. The smallest absolute Gasteiger partial charge is 0.319 e. The third-order valence-electron chi connectivity index (χ3n) is 4.54. The number of ether oxygens (including phenoxy) is 1. The highest BCUT2D eigenvalue weighted by Gasteiger charge is 2.26. The van der Waals surface area contributed by atoms with Gasteiger partial charge in [0.2, 0.25) is 10.0 Å². The molecule has 1 aromatic carbocycles. The molecule has 9 nitrogen and oxygen atoms in total. The molecule has 1 aliphatic rings. The minimum atomic E-state index is -3.62. The zero-order chi connectivity index (χ0) is 20.3. The van der Waals surface area contributed by atoms with Crippen molar-refractivity contribution in [2.24, 2.45) is 0 Å². The Balaban J connectivity index is 1.40. The van der Waals surface area contributed by atoms with Gasteiger partial charge in [-0.1, -0.05) is 12.1 Å². The number of anilines is 1. The van der Waals surface area contributed by atoms with Crippen molar-refractivity contribution in [3.63, 3.8) is 0 Å². The van der Waals surface area contributed by atoms with Crippen LogP contribution in [0, 0.1) is 0 Å². The van der Waals surface area contributed by atoms with Gasteiger partial charge in [0.1, 0.15) is 5.65 Å². The molecule has 0 unspecified atom stereocenters. The number of hydrogen-bond acceptors (Lipinski definition) is 5. The van der Waals surface area contributed by atoms with E-state index in [0.717, 1.165) is 11.3 Å². The Kier molecular flexibility index (Phi) is 5.47. The first-order valence-electron chi connectivity index (χ1n) is 9.18. The average Bonchev–Trinajstić information content (AvgIpc) is 3.16. The van der Waals surface area contributed by atoms with E-state index in [2.05, 4.69) is 15.6 Å². The lowest BCUT2D eigenvalue weighted by atomic mass is 10.3. The van der Waals surface area contributed by atoms with E-state index in [1.807, 2.05) is 35.0 Å². The van der Waals surface area contributed by atoms with Gasteiger partial charge in [0.15, 0.2) is 0 Å². The maximum Gasteiger partial charge on any atom is 0.319 e. The normalized spacial score (nSPS) is 15.3. The van der Waals surface area contributed by atoms with E-state index < -0.39 is 16.1 Å². The maximum atomic E-state index is 12.8. The summed E-state index contributed by atoms with van der Waals surface area (Å²) in [5.74, 6) is 0. The van der Waals surface area contributed by atoms with Crippen molar-refractivity contribution in [1.29, 1.82) is 0 Å². The van der Waals surface area contributed by atoms with Crippen LogP contribution in [0.3, 0.4) is 0 Å². The second kappa shape index (κ2) is 8.19. The number of nitrogens with one attached hydrogen (secondary N) is 2. The fourth-order valence-corrected chi connectivity index (χ4v) is 4.54. The molecule has 29 heavy (non-hydrogen) atoms. The molecular weight excluding hydrogens is 394 g/mol. The van der Waals surface area contributed by atoms with Crippen LogP contribution in [0.25, 0.3) is 5.65 Å². The van der Waals surface area contributed by atoms with Crippen LogP contribution in [0.15, 0.2) is 59.8 Å². The van der Waals surface area contributed by atoms with Crippen molar-refractivity contribution >= 4 is 27.4 Å². The summed E-state index contributed by atoms with van der Waals surface area (Å²) in [4.78, 5) is 16.8. The number of imidazole rings is 1. The Labute approximate surface area is 168 Å². The Hall–Kier alpha value is -2.95. The Morgan fingerprint density at radius 3 is 2.76 bits per heavy atom. The highest BCUT2D eigenvalue weighted by atomic mass is 32.2. The third-order valence-corrected chi connectivity index (χ3v) is 6.44. The summed E-state index contributed by atoms with van der Waals surface area (Å²) in [6.07, 6.45) is 3.72. The summed E-state index contributed by atoms with van der Waals surface area (Å²) in [6.45, 7) is 1.64. The van der Waals surface area contributed by atoms with Crippen LogP contribution in [0.1, 0.15) is 5.69 Å². The van der Waals surface area contributed by atoms with Gasteiger partial charge in [-0.3, -0.25) is 0 Å². The molecule has 0 aliphatic carbocycles. The summed E-state index contributed by atoms with van der Waals surface area (Å²) < 4.78 is 34.0. The van der Waals surface area contributed by atoms with Crippen LogP contribution in [0.5, 0.6) is 0 Å². The maximum absolute atomic E-state index is 12.8. The molecule has 3 heterocycles. The lowest BCUT2D eigenvalue weighted by molar-refractivity contribution is 0.0730. The molecule has 1 aliphatic heterocycles. The minimum Gasteiger partial charge on any atom is -0.379 e. The van der Waals surface area contributed by atoms with Crippen LogP contribution >= 0.6 is 0 Å². The van der Waals surface area contributed by atoms with Crippen molar-refractivity contribution in [3.05, 3.63) is 60.6 Å². The molecule has 2 N–H and O–H groups in total. The molecule has 1 saturated heterocycles. The molecule has 0 saturated carbocycles. The van der Waals surface area contributed by atoms with Crippen molar-refractivity contribution < 1.29 is 17.9 Å². The Bertz CT molecular complexity index is 1090. The molecule has 2 amide bonds. The average molecular weight is 415 g/mol. The summed E-state index contributed by atoms with van der Waals surface area (Å²) in [6, 6.07) is 11.4. The summed E-state index contributed by atoms with van der Waals surface area (Å²) >= 11 is 0. The lowest BCUT2D eigenvalue weighted by Gasteiger charge is -2.26. The zero-order valence-electron chi connectivity index (χ0n) is 15.6. The van der Waals surface area contributed by atoms with E-state index in [-0.39, 0.29) is 11.4 Å². The molecule has 10 heteroatoms. The van der Waals surface area contributed by atoms with Gasteiger partial charge in [-0.05, 0) is 30.3 Å². The molecule has 4 rings (SSSR count). The second-order valence-electron chi connectivity index (χ2n) is 6.55.